The largest absolute Gasteiger partial charge is 0.507 e. The number of carbonyl (C=O) groups excluding carboxylic acids is 1. The number of aromatic hydroxyl groups is 1. The normalized spacial score (nSPS) is 12.3. The third-order valence-corrected chi connectivity index (χ3v) is 4.17. The standard InChI is InChI=1S/C16H15ClN2O2S/c1-11(22-14-8-6-13(17)7-9-14)16(21)19-18-10-12-4-2-3-5-15(12)20/h2-11,20H,1H3,(H,19,21). The Kier molecular flexibility index (Phi) is 5.86. The van der Waals surface area contributed by atoms with Crippen LogP contribution in [0.25, 0.3) is 0 Å². The fraction of sp³-hybridized carbons (Fsp3) is 0.125. The van der Waals surface area contributed by atoms with Crippen molar-refractivity contribution in [2.75, 3.05) is 0 Å². The topological polar surface area (TPSA) is 61.7 Å². The highest BCUT2D eigenvalue weighted by Gasteiger charge is 2.13. The molecule has 22 heavy (non-hydrogen) atoms. The Morgan fingerprint density at radius 1 is 1.27 bits per heavy atom. The van der Waals surface area contributed by atoms with Gasteiger partial charge >= 0.3 is 0 Å². The molecular weight excluding hydrogens is 320 g/mol. The van der Waals surface area contributed by atoms with Gasteiger partial charge in [-0.15, -0.1) is 11.8 Å². The van der Waals surface area contributed by atoms with Gasteiger partial charge in [0.1, 0.15) is 5.75 Å². The maximum atomic E-state index is 12.0. The molecule has 6 heteroatoms. The van der Waals surface area contributed by atoms with E-state index in [0.717, 1.165) is 4.90 Å². The summed E-state index contributed by atoms with van der Waals surface area (Å²) in [6.07, 6.45) is 1.41. The molecule has 4 nitrogen and oxygen atoms in total. The van der Waals surface area contributed by atoms with Gasteiger partial charge in [0.05, 0.1) is 11.5 Å². The number of para-hydroxylation sites is 1. The van der Waals surface area contributed by atoms with Gasteiger partial charge in [-0.05, 0) is 43.3 Å². The molecule has 2 N–H and O–H groups in total. The third-order valence-electron chi connectivity index (χ3n) is 2.81. The van der Waals surface area contributed by atoms with Gasteiger partial charge in [-0.3, -0.25) is 4.79 Å². The Morgan fingerprint density at radius 2 is 1.95 bits per heavy atom. The van der Waals surface area contributed by atoms with Crippen LogP contribution in [0.2, 0.25) is 5.02 Å². The average molecular weight is 335 g/mol. The van der Waals surface area contributed by atoms with Gasteiger partial charge in [-0.2, -0.15) is 5.10 Å². The molecular formula is C16H15ClN2O2S. The van der Waals surface area contributed by atoms with Crippen LogP contribution in [0.4, 0.5) is 0 Å². The van der Waals surface area contributed by atoms with E-state index in [9.17, 15) is 9.90 Å². The lowest BCUT2D eigenvalue weighted by molar-refractivity contribution is -0.120. The minimum atomic E-state index is -0.303. The second kappa shape index (κ2) is 7.87. The molecule has 2 rings (SSSR count). The maximum Gasteiger partial charge on any atom is 0.253 e. The first-order valence-electron chi connectivity index (χ1n) is 6.59. The van der Waals surface area contributed by atoms with Crippen LogP contribution in [0.15, 0.2) is 58.5 Å². The lowest BCUT2D eigenvalue weighted by Crippen LogP contribution is -2.26. The number of hydrogen-bond donors (Lipinski definition) is 2. The molecule has 114 valence electrons. The number of benzene rings is 2. The van der Waals surface area contributed by atoms with Crippen LogP contribution >= 0.6 is 23.4 Å². The van der Waals surface area contributed by atoms with E-state index in [2.05, 4.69) is 10.5 Å². The molecule has 0 saturated heterocycles. The van der Waals surface area contributed by atoms with Crippen LogP contribution in [0.5, 0.6) is 5.75 Å². The Balaban J connectivity index is 1.89. The lowest BCUT2D eigenvalue weighted by atomic mass is 10.2. The van der Waals surface area contributed by atoms with E-state index in [1.165, 1.54) is 18.0 Å². The molecule has 0 saturated carbocycles. The first-order valence-corrected chi connectivity index (χ1v) is 7.85. The van der Waals surface area contributed by atoms with Gasteiger partial charge in [0.2, 0.25) is 0 Å². The van der Waals surface area contributed by atoms with E-state index in [1.807, 2.05) is 12.1 Å². The molecule has 1 atom stereocenters. The highest BCUT2D eigenvalue weighted by atomic mass is 35.5. The highest BCUT2D eigenvalue weighted by molar-refractivity contribution is 8.00. The van der Waals surface area contributed by atoms with Crippen molar-refractivity contribution in [3.63, 3.8) is 0 Å². The molecule has 0 aliphatic carbocycles. The summed E-state index contributed by atoms with van der Waals surface area (Å²) in [4.78, 5) is 12.9. The molecule has 1 amide bonds. The summed E-state index contributed by atoms with van der Waals surface area (Å²) in [5.41, 5.74) is 3.00. The monoisotopic (exact) mass is 334 g/mol. The van der Waals surface area contributed by atoms with E-state index < -0.39 is 0 Å². The lowest BCUT2D eigenvalue weighted by Gasteiger charge is -2.09. The van der Waals surface area contributed by atoms with Crippen molar-refractivity contribution in [1.29, 1.82) is 0 Å². The van der Waals surface area contributed by atoms with Crippen molar-refractivity contribution in [3.05, 3.63) is 59.1 Å². The maximum absolute atomic E-state index is 12.0. The van der Waals surface area contributed by atoms with E-state index in [4.69, 9.17) is 11.6 Å². The van der Waals surface area contributed by atoms with Crippen LogP contribution in [0, 0.1) is 0 Å². The summed E-state index contributed by atoms with van der Waals surface area (Å²) < 4.78 is 0. The van der Waals surface area contributed by atoms with E-state index >= 15 is 0 Å². The van der Waals surface area contributed by atoms with Crippen molar-refractivity contribution in [2.24, 2.45) is 5.10 Å². The number of phenolic OH excluding ortho intramolecular Hbond substituents is 1. The number of phenols is 1. The van der Waals surface area contributed by atoms with E-state index in [0.29, 0.717) is 10.6 Å². The zero-order valence-corrected chi connectivity index (χ0v) is 13.4. The molecule has 0 bridgehead atoms. The second-order valence-corrected chi connectivity index (χ2v) is 6.36. The Labute approximate surface area is 138 Å². The predicted molar refractivity (Wildman–Crippen MR) is 90.6 cm³/mol. The van der Waals surface area contributed by atoms with Crippen molar-refractivity contribution in [3.8, 4) is 5.75 Å². The third kappa shape index (κ3) is 4.79. The van der Waals surface area contributed by atoms with Crippen molar-refractivity contribution < 1.29 is 9.90 Å². The second-order valence-electron chi connectivity index (χ2n) is 4.51. The molecule has 0 aliphatic rings. The molecule has 2 aromatic rings. The smallest absolute Gasteiger partial charge is 0.253 e. The first-order chi connectivity index (χ1) is 10.6. The van der Waals surface area contributed by atoms with Crippen LogP contribution in [0.1, 0.15) is 12.5 Å². The van der Waals surface area contributed by atoms with E-state index in [1.54, 1.807) is 43.3 Å². The number of nitrogens with zero attached hydrogens (tertiary/aromatic N) is 1. The van der Waals surface area contributed by atoms with Gasteiger partial charge < -0.3 is 5.11 Å². The van der Waals surface area contributed by atoms with Crippen molar-refractivity contribution in [1.82, 2.24) is 5.43 Å². The summed E-state index contributed by atoms with van der Waals surface area (Å²) in [6, 6.07) is 14.1. The summed E-state index contributed by atoms with van der Waals surface area (Å²) in [6.45, 7) is 1.80. The number of rotatable bonds is 5. The number of thioether (sulfide) groups is 1. The van der Waals surface area contributed by atoms with Gasteiger partial charge in [-0.25, -0.2) is 5.43 Å². The fourth-order valence-corrected chi connectivity index (χ4v) is 2.61. The average Bonchev–Trinajstić information content (AvgIpc) is 2.51. The van der Waals surface area contributed by atoms with Gasteiger partial charge in [0, 0.05) is 15.5 Å². The highest BCUT2D eigenvalue weighted by Crippen LogP contribution is 2.24. The van der Waals surface area contributed by atoms with Crippen LogP contribution in [0.3, 0.4) is 0 Å². The van der Waals surface area contributed by atoms with Gasteiger partial charge in [0.25, 0.3) is 5.91 Å². The van der Waals surface area contributed by atoms with Crippen LogP contribution < -0.4 is 5.43 Å². The molecule has 0 fully saturated rings. The minimum absolute atomic E-state index is 0.115. The number of hydrogen-bond acceptors (Lipinski definition) is 4. The van der Waals surface area contributed by atoms with Crippen molar-refractivity contribution >= 4 is 35.5 Å². The number of nitrogens with one attached hydrogen (secondary N) is 1. The van der Waals surface area contributed by atoms with E-state index in [-0.39, 0.29) is 16.9 Å². The molecule has 0 radical (unpaired) electrons. The SMILES string of the molecule is CC(Sc1ccc(Cl)cc1)C(=O)NN=Cc1ccccc1O. The minimum Gasteiger partial charge on any atom is -0.507 e. The number of carbonyl (C=O) groups is 1. The fourth-order valence-electron chi connectivity index (χ4n) is 1.62. The summed E-state index contributed by atoms with van der Waals surface area (Å²) in [7, 11) is 0. The molecule has 1 unspecified atom stereocenters. The first kappa shape index (κ1) is 16.4. The molecule has 0 heterocycles. The quantitative estimate of drug-likeness (QED) is 0.498. The number of halogens is 1. The number of amides is 1. The summed E-state index contributed by atoms with van der Waals surface area (Å²) in [5, 5.41) is 13.8. The molecule has 0 spiro atoms. The summed E-state index contributed by atoms with van der Waals surface area (Å²) >= 11 is 7.24. The predicted octanol–water partition coefficient (Wildman–Crippen LogP) is 3.68. The van der Waals surface area contributed by atoms with Crippen LogP contribution in [-0.2, 0) is 4.79 Å². The number of hydrazone groups is 1. The summed E-state index contributed by atoms with van der Waals surface area (Å²) in [5.74, 6) is -0.101. The molecule has 0 aromatic heterocycles. The zero-order chi connectivity index (χ0) is 15.9. The van der Waals surface area contributed by atoms with Crippen LogP contribution in [-0.4, -0.2) is 22.5 Å². The molecule has 0 aliphatic heterocycles. The zero-order valence-electron chi connectivity index (χ0n) is 11.9. The van der Waals surface area contributed by atoms with Crippen molar-refractivity contribution in [2.45, 2.75) is 17.1 Å². The Bertz CT molecular complexity index is 674. The Hall–Kier alpha value is -1.98. The Morgan fingerprint density at radius 3 is 2.64 bits per heavy atom. The van der Waals surface area contributed by atoms with Gasteiger partial charge in [0.15, 0.2) is 0 Å². The van der Waals surface area contributed by atoms with Gasteiger partial charge in [-0.1, -0.05) is 23.7 Å². The molecule has 2 aromatic carbocycles.